The van der Waals surface area contributed by atoms with E-state index in [1.807, 2.05) is 0 Å². The van der Waals surface area contributed by atoms with Gasteiger partial charge in [0.05, 0.1) is 0 Å². The van der Waals surface area contributed by atoms with E-state index >= 15 is 0 Å². The molecule has 140 valence electrons. The maximum Gasteiger partial charge on any atom is 0.243 e. The number of fused-ring (bicyclic) bond motifs is 3. The average Bonchev–Trinajstić information content (AvgIpc) is 2.57. The number of carbonyl (C=O) groups is 1. The Bertz CT molecular complexity index is 415. The Morgan fingerprint density at radius 3 is 2.50 bits per heavy atom. The number of carbonyl (C=O) groups excluding carboxylic acids is 1. The van der Waals surface area contributed by atoms with E-state index in [9.17, 15) is 4.79 Å². The summed E-state index contributed by atoms with van der Waals surface area (Å²) in [4.78, 5) is 22.8. The van der Waals surface area contributed by atoms with Crippen LogP contribution in [-0.2, 0) is 4.79 Å². The molecule has 0 aliphatic carbocycles. The van der Waals surface area contributed by atoms with Crippen molar-refractivity contribution < 1.29 is 4.79 Å². The first kappa shape index (κ1) is 21.8. The van der Waals surface area contributed by atoms with Crippen molar-refractivity contribution in [3.8, 4) is 0 Å². The predicted octanol–water partition coefficient (Wildman–Crippen LogP) is -0.409. The zero-order valence-electron chi connectivity index (χ0n) is 15.0. The molecule has 3 fully saturated rings. The predicted molar refractivity (Wildman–Crippen MR) is 113 cm³/mol. The van der Waals surface area contributed by atoms with Crippen LogP contribution in [0.4, 0.5) is 0 Å². The van der Waals surface area contributed by atoms with Gasteiger partial charge < -0.3 is 15.5 Å². The fraction of sp³-hybridized carbons (Fsp3) is 0.867. The van der Waals surface area contributed by atoms with Gasteiger partial charge in [-0.2, -0.15) is 11.8 Å². The van der Waals surface area contributed by atoms with Crippen LogP contribution in [0.15, 0.2) is 4.99 Å². The summed E-state index contributed by atoms with van der Waals surface area (Å²) in [5, 5.41) is 6.73. The average molecular weight is 470 g/mol. The summed E-state index contributed by atoms with van der Waals surface area (Å²) in [7, 11) is 3.51. The number of thioether (sulfide) groups is 1. The summed E-state index contributed by atoms with van der Waals surface area (Å²) in [6.45, 7) is 7.75. The molecule has 3 aliphatic heterocycles. The van der Waals surface area contributed by atoms with E-state index in [1.54, 1.807) is 30.8 Å². The lowest BCUT2D eigenvalue weighted by Gasteiger charge is -2.47. The largest absolute Gasteiger partial charge is 0.356 e. The standard InChI is InChI=1S/C15H30N6OS.HI/c1-19(2)14(22)11-18-15(16-4-9-23-3)17-10-13-12-20-5-7-21(13)8-6-20;/h13H,4-12H2,1-3H3,(H2,16,17,18);1H. The number of hydrogen-bond donors (Lipinski definition) is 2. The van der Waals surface area contributed by atoms with Crippen molar-refractivity contribution in [1.29, 1.82) is 0 Å². The number of guanidine groups is 1. The van der Waals surface area contributed by atoms with E-state index in [0.29, 0.717) is 6.04 Å². The van der Waals surface area contributed by atoms with Crippen LogP contribution >= 0.6 is 35.7 Å². The van der Waals surface area contributed by atoms with Crippen molar-refractivity contribution in [2.75, 3.05) is 78.5 Å². The number of amides is 1. The number of halogens is 1. The van der Waals surface area contributed by atoms with Gasteiger partial charge in [-0.3, -0.25) is 14.6 Å². The highest BCUT2D eigenvalue weighted by Gasteiger charge is 2.31. The van der Waals surface area contributed by atoms with Gasteiger partial charge in [-0.1, -0.05) is 0 Å². The Balaban J connectivity index is 0.00000288. The minimum Gasteiger partial charge on any atom is -0.356 e. The molecule has 3 heterocycles. The molecule has 0 aromatic rings. The molecule has 24 heavy (non-hydrogen) atoms. The van der Waals surface area contributed by atoms with Crippen LogP contribution in [-0.4, -0.2) is 111 Å². The second-order valence-corrected chi connectivity index (χ2v) is 7.23. The molecule has 0 radical (unpaired) electrons. The van der Waals surface area contributed by atoms with Crippen molar-refractivity contribution in [3.05, 3.63) is 0 Å². The summed E-state index contributed by atoms with van der Waals surface area (Å²) in [5.41, 5.74) is 0. The molecule has 0 spiro atoms. The van der Waals surface area contributed by atoms with E-state index in [-0.39, 0.29) is 36.4 Å². The molecule has 0 aromatic heterocycles. The smallest absolute Gasteiger partial charge is 0.243 e. The monoisotopic (exact) mass is 470 g/mol. The van der Waals surface area contributed by atoms with E-state index in [0.717, 1.165) is 44.4 Å². The molecule has 2 bridgehead atoms. The molecule has 7 nitrogen and oxygen atoms in total. The van der Waals surface area contributed by atoms with Gasteiger partial charge in [-0.15, -0.1) is 24.0 Å². The highest BCUT2D eigenvalue weighted by Crippen LogP contribution is 2.14. The highest BCUT2D eigenvalue weighted by molar-refractivity contribution is 14.0. The number of hydrogen-bond acceptors (Lipinski definition) is 5. The van der Waals surface area contributed by atoms with E-state index in [4.69, 9.17) is 0 Å². The van der Waals surface area contributed by atoms with Crippen LogP contribution in [0.5, 0.6) is 0 Å². The molecule has 3 aliphatic rings. The van der Waals surface area contributed by atoms with Crippen molar-refractivity contribution in [1.82, 2.24) is 25.3 Å². The van der Waals surface area contributed by atoms with Gasteiger partial charge in [0.25, 0.3) is 0 Å². The second-order valence-electron chi connectivity index (χ2n) is 6.24. The van der Waals surface area contributed by atoms with Gasteiger partial charge in [0.1, 0.15) is 6.54 Å². The molecular formula is C15H31IN6OS. The summed E-state index contributed by atoms with van der Waals surface area (Å²) in [6, 6.07) is 0.537. The van der Waals surface area contributed by atoms with Crippen molar-refractivity contribution in [2.24, 2.45) is 4.99 Å². The number of piperazine rings is 3. The quantitative estimate of drug-likeness (QED) is 0.229. The maximum atomic E-state index is 11.7. The molecule has 2 N–H and O–H groups in total. The first-order valence-corrected chi connectivity index (χ1v) is 9.67. The summed E-state index contributed by atoms with van der Waals surface area (Å²) in [6.07, 6.45) is 2.09. The van der Waals surface area contributed by atoms with Crippen LogP contribution in [0.1, 0.15) is 0 Å². The van der Waals surface area contributed by atoms with E-state index < -0.39 is 0 Å². The van der Waals surface area contributed by atoms with Gasteiger partial charge in [0, 0.05) is 71.7 Å². The molecule has 0 saturated carbocycles. The number of likely N-dealkylation sites (N-methyl/N-ethyl adjacent to an activating group) is 1. The molecule has 1 amide bonds. The Hall–Kier alpha value is -0.260. The van der Waals surface area contributed by atoms with Gasteiger partial charge >= 0.3 is 0 Å². The number of aliphatic imine (C=N–C) groups is 1. The maximum absolute atomic E-state index is 11.7. The Morgan fingerprint density at radius 1 is 1.25 bits per heavy atom. The molecule has 3 saturated heterocycles. The Morgan fingerprint density at radius 2 is 1.96 bits per heavy atom. The van der Waals surface area contributed by atoms with E-state index in [2.05, 4.69) is 31.7 Å². The lowest BCUT2D eigenvalue weighted by Crippen LogP contribution is -2.63. The van der Waals surface area contributed by atoms with Gasteiger partial charge in [-0.25, -0.2) is 4.99 Å². The third-order valence-electron chi connectivity index (χ3n) is 4.37. The van der Waals surface area contributed by atoms with Gasteiger partial charge in [0.2, 0.25) is 5.91 Å². The molecule has 1 atom stereocenters. The van der Waals surface area contributed by atoms with Crippen LogP contribution < -0.4 is 10.6 Å². The van der Waals surface area contributed by atoms with Gasteiger partial charge in [0.15, 0.2) is 5.96 Å². The SMILES string of the molecule is CSCCNC(=NCC(=O)N(C)C)NCC1CN2CCN1CC2.I. The number of nitrogens with zero attached hydrogens (tertiary/aromatic N) is 4. The second kappa shape index (κ2) is 11.4. The molecule has 0 aromatic carbocycles. The summed E-state index contributed by atoms with van der Waals surface area (Å²) >= 11 is 1.79. The van der Waals surface area contributed by atoms with Crippen molar-refractivity contribution >= 4 is 47.6 Å². The lowest BCUT2D eigenvalue weighted by atomic mass is 10.1. The fourth-order valence-electron chi connectivity index (χ4n) is 2.87. The first-order chi connectivity index (χ1) is 11.1. The Kier molecular flexibility index (Phi) is 10.3. The van der Waals surface area contributed by atoms with Crippen LogP contribution in [0, 0.1) is 0 Å². The minimum atomic E-state index is 0. The molecular weight excluding hydrogens is 439 g/mol. The third kappa shape index (κ3) is 6.93. The van der Waals surface area contributed by atoms with E-state index in [1.165, 1.54) is 13.1 Å². The molecule has 3 rings (SSSR count). The first-order valence-electron chi connectivity index (χ1n) is 8.28. The lowest BCUT2D eigenvalue weighted by molar-refractivity contribution is -0.127. The third-order valence-corrected chi connectivity index (χ3v) is 4.98. The summed E-state index contributed by atoms with van der Waals surface area (Å²) in [5.74, 6) is 1.78. The number of nitrogens with one attached hydrogen (secondary N) is 2. The van der Waals surface area contributed by atoms with Crippen LogP contribution in [0.3, 0.4) is 0 Å². The van der Waals surface area contributed by atoms with Crippen molar-refractivity contribution in [3.63, 3.8) is 0 Å². The fourth-order valence-corrected chi connectivity index (χ4v) is 3.17. The molecule has 1 unspecified atom stereocenters. The normalized spacial score (nSPS) is 25.8. The van der Waals surface area contributed by atoms with Crippen LogP contribution in [0.2, 0.25) is 0 Å². The Labute approximate surface area is 167 Å². The van der Waals surface area contributed by atoms with Gasteiger partial charge in [-0.05, 0) is 6.26 Å². The van der Waals surface area contributed by atoms with Crippen LogP contribution in [0.25, 0.3) is 0 Å². The molecule has 9 heteroatoms. The topological polar surface area (TPSA) is 63.2 Å². The number of rotatable bonds is 7. The van der Waals surface area contributed by atoms with Crippen molar-refractivity contribution in [2.45, 2.75) is 6.04 Å². The summed E-state index contributed by atoms with van der Waals surface area (Å²) < 4.78 is 0. The zero-order chi connectivity index (χ0) is 16.7. The highest BCUT2D eigenvalue weighted by atomic mass is 127. The minimum absolute atomic E-state index is 0. The zero-order valence-corrected chi connectivity index (χ0v) is 18.1.